The zero-order valence-corrected chi connectivity index (χ0v) is 21.6. The number of benzene rings is 4. The Morgan fingerprint density at radius 1 is 0.842 bits per heavy atom. The quantitative estimate of drug-likeness (QED) is 0.138. The van der Waals surface area contributed by atoms with Gasteiger partial charge >= 0.3 is 0 Å². The molecule has 0 saturated carbocycles. The Morgan fingerprint density at radius 2 is 1.50 bits per heavy atom. The molecule has 3 N–H and O–H groups in total. The minimum atomic E-state index is -0.926. The molecule has 7 heteroatoms. The van der Waals surface area contributed by atoms with Crippen LogP contribution >= 0.6 is 11.8 Å². The van der Waals surface area contributed by atoms with Crippen molar-refractivity contribution in [2.75, 3.05) is 0 Å². The van der Waals surface area contributed by atoms with E-state index in [1.807, 2.05) is 103 Å². The van der Waals surface area contributed by atoms with Gasteiger partial charge in [-0.2, -0.15) is 0 Å². The maximum Gasteiger partial charge on any atom is 0.251 e. The van der Waals surface area contributed by atoms with Gasteiger partial charge in [-0.1, -0.05) is 103 Å². The predicted molar refractivity (Wildman–Crippen MR) is 150 cm³/mol. The maximum atomic E-state index is 13.8. The third kappa shape index (κ3) is 5.79. The standard InChI is InChI=1S/C31H29N3O3S/c32-34-30(37)28(31(34)38-25-13-5-2-6-14-25)29(36)26(33-27(35)18-16-21-9-3-1-4-10-21)20-22-15-17-23-11-7-8-12-24(23)19-22/h1-15,17,19,26,28,31H,16,18,20,32H2,(H,33,35)/t26-,28-,31?/m0/s1. The number of nitrogens with two attached hydrogens (primary N) is 1. The maximum absolute atomic E-state index is 13.8. The van der Waals surface area contributed by atoms with E-state index in [0.29, 0.717) is 6.42 Å². The van der Waals surface area contributed by atoms with Crippen molar-refractivity contribution in [3.63, 3.8) is 0 Å². The molecule has 4 aromatic carbocycles. The molecule has 1 unspecified atom stereocenters. The summed E-state index contributed by atoms with van der Waals surface area (Å²) in [6.45, 7) is 0. The topological polar surface area (TPSA) is 92.5 Å². The SMILES string of the molecule is NN1C(=O)[C@H](C(=O)[C@H](Cc2ccc3ccccc3c2)NC(=O)CCc2ccccc2)C1Sc1ccccc1. The van der Waals surface area contributed by atoms with Crippen LogP contribution in [0.15, 0.2) is 108 Å². The van der Waals surface area contributed by atoms with Crippen LogP contribution in [0.1, 0.15) is 17.5 Å². The average molecular weight is 524 g/mol. The fraction of sp³-hybridized carbons (Fsp3) is 0.194. The molecule has 5 rings (SSSR count). The summed E-state index contributed by atoms with van der Waals surface area (Å²) < 4.78 is 0. The molecule has 0 radical (unpaired) electrons. The van der Waals surface area contributed by atoms with Gasteiger partial charge in [-0.3, -0.25) is 19.4 Å². The molecule has 192 valence electrons. The van der Waals surface area contributed by atoms with Gasteiger partial charge in [0, 0.05) is 11.3 Å². The number of β-lactam (4-membered cyclic amide) rings is 1. The van der Waals surface area contributed by atoms with Gasteiger partial charge in [0.2, 0.25) is 5.91 Å². The second kappa shape index (κ2) is 11.6. The Balaban J connectivity index is 1.36. The number of aryl methyl sites for hydroxylation is 1. The van der Waals surface area contributed by atoms with E-state index in [-0.39, 0.29) is 24.5 Å². The van der Waals surface area contributed by atoms with Crippen molar-refractivity contribution in [1.82, 2.24) is 10.3 Å². The molecular formula is C31H29N3O3S. The molecule has 4 aromatic rings. The summed E-state index contributed by atoms with van der Waals surface area (Å²) in [5.41, 5.74) is 1.96. The van der Waals surface area contributed by atoms with Crippen LogP contribution in [0.5, 0.6) is 0 Å². The molecule has 1 aliphatic rings. The lowest BCUT2D eigenvalue weighted by molar-refractivity contribution is -0.157. The first-order valence-electron chi connectivity index (χ1n) is 12.6. The van der Waals surface area contributed by atoms with E-state index < -0.39 is 23.2 Å². The zero-order chi connectivity index (χ0) is 26.5. The van der Waals surface area contributed by atoms with E-state index in [2.05, 4.69) is 5.32 Å². The number of nitrogens with one attached hydrogen (secondary N) is 1. The highest BCUT2D eigenvalue weighted by Crippen LogP contribution is 2.38. The van der Waals surface area contributed by atoms with E-state index in [1.165, 1.54) is 11.8 Å². The lowest BCUT2D eigenvalue weighted by Gasteiger charge is -2.43. The molecule has 2 amide bonds. The summed E-state index contributed by atoms with van der Waals surface area (Å²) in [7, 11) is 0. The van der Waals surface area contributed by atoms with Gasteiger partial charge in [-0.25, -0.2) is 5.84 Å². The Hall–Kier alpha value is -3.94. The van der Waals surface area contributed by atoms with Crippen LogP contribution in [0, 0.1) is 5.92 Å². The highest BCUT2D eigenvalue weighted by molar-refractivity contribution is 8.00. The summed E-state index contributed by atoms with van der Waals surface area (Å²) >= 11 is 1.38. The number of amides is 2. The minimum Gasteiger partial charge on any atom is -0.346 e. The van der Waals surface area contributed by atoms with Crippen molar-refractivity contribution in [3.05, 3.63) is 114 Å². The smallest absolute Gasteiger partial charge is 0.251 e. The van der Waals surface area contributed by atoms with Crippen molar-refractivity contribution in [1.29, 1.82) is 0 Å². The molecule has 0 spiro atoms. The van der Waals surface area contributed by atoms with Gasteiger partial charge in [-0.05, 0) is 46.9 Å². The van der Waals surface area contributed by atoms with Crippen molar-refractivity contribution < 1.29 is 14.4 Å². The number of nitrogens with zero attached hydrogens (tertiary/aromatic N) is 1. The summed E-state index contributed by atoms with van der Waals surface area (Å²) in [6, 6.07) is 32.4. The van der Waals surface area contributed by atoms with Gasteiger partial charge in [0.15, 0.2) is 5.78 Å². The fourth-order valence-corrected chi connectivity index (χ4v) is 5.92. The van der Waals surface area contributed by atoms with Crippen molar-refractivity contribution in [3.8, 4) is 0 Å². The van der Waals surface area contributed by atoms with Crippen LogP contribution < -0.4 is 11.2 Å². The summed E-state index contributed by atoms with van der Waals surface area (Å²) in [5.74, 6) is 4.10. The number of hydrazine groups is 1. The van der Waals surface area contributed by atoms with Gasteiger partial charge in [0.25, 0.3) is 5.91 Å². The number of hydrogen-bond acceptors (Lipinski definition) is 5. The van der Waals surface area contributed by atoms with Gasteiger partial charge in [-0.15, -0.1) is 0 Å². The first-order valence-corrected chi connectivity index (χ1v) is 13.5. The number of ketones is 1. The van der Waals surface area contributed by atoms with Crippen LogP contribution in [0.4, 0.5) is 0 Å². The molecule has 0 aliphatic carbocycles. The number of fused-ring (bicyclic) bond motifs is 1. The first kappa shape index (κ1) is 25.7. The van der Waals surface area contributed by atoms with E-state index in [4.69, 9.17) is 5.84 Å². The van der Waals surface area contributed by atoms with E-state index in [1.54, 1.807) is 0 Å². The monoisotopic (exact) mass is 523 g/mol. The lowest BCUT2D eigenvalue weighted by Crippen LogP contribution is -2.67. The molecule has 6 nitrogen and oxygen atoms in total. The Labute approximate surface area is 226 Å². The number of carbonyl (C=O) groups excluding carboxylic acids is 3. The second-order valence-corrected chi connectivity index (χ2v) is 10.6. The molecule has 1 fully saturated rings. The second-order valence-electron chi connectivity index (χ2n) is 9.44. The molecular weight excluding hydrogens is 494 g/mol. The third-order valence-corrected chi connectivity index (χ3v) is 8.09. The molecule has 1 saturated heterocycles. The van der Waals surface area contributed by atoms with Crippen molar-refractivity contribution in [2.45, 2.75) is 35.6 Å². The van der Waals surface area contributed by atoms with Gasteiger partial charge in [0.05, 0.1) is 6.04 Å². The highest BCUT2D eigenvalue weighted by Gasteiger charge is 2.52. The van der Waals surface area contributed by atoms with Crippen LogP contribution in [0.25, 0.3) is 10.8 Å². The van der Waals surface area contributed by atoms with Crippen molar-refractivity contribution >= 4 is 40.1 Å². The van der Waals surface area contributed by atoms with Crippen LogP contribution in [-0.2, 0) is 27.2 Å². The van der Waals surface area contributed by atoms with Crippen LogP contribution in [0.2, 0.25) is 0 Å². The van der Waals surface area contributed by atoms with E-state index in [0.717, 1.165) is 31.8 Å². The Morgan fingerprint density at radius 3 is 2.24 bits per heavy atom. The van der Waals surface area contributed by atoms with E-state index in [9.17, 15) is 14.4 Å². The molecule has 3 atom stereocenters. The zero-order valence-electron chi connectivity index (χ0n) is 20.8. The van der Waals surface area contributed by atoms with Crippen molar-refractivity contribution in [2.24, 2.45) is 11.8 Å². The summed E-state index contributed by atoms with van der Waals surface area (Å²) in [4.78, 5) is 40.5. The lowest BCUT2D eigenvalue weighted by atomic mass is 9.87. The fourth-order valence-electron chi connectivity index (χ4n) is 4.72. The Bertz CT molecular complexity index is 1440. The van der Waals surface area contributed by atoms with E-state index >= 15 is 0 Å². The normalized spacial score (nSPS) is 17.6. The molecule has 0 bridgehead atoms. The van der Waals surface area contributed by atoms with Crippen LogP contribution in [0.3, 0.4) is 0 Å². The largest absolute Gasteiger partial charge is 0.346 e. The average Bonchev–Trinajstić information content (AvgIpc) is 2.96. The van der Waals surface area contributed by atoms with Crippen LogP contribution in [-0.4, -0.2) is 34.0 Å². The molecule has 0 aromatic heterocycles. The summed E-state index contributed by atoms with van der Waals surface area (Å²) in [6.07, 6.45) is 1.10. The molecule has 1 heterocycles. The number of rotatable bonds is 10. The Kier molecular flexibility index (Phi) is 7.86. The first-order chi connectivity index (χ1) is 18.5. The number of carbonyl (C=O) groups is 3. The number of hydrogen-bond donors (Lipinski definition) is 2. The minimum absolute atomic E-state index is 0.225. The molecule has 1 aliphatic heterocycles. The number of Topliss-reactive ketones (excluding diaryl/α,β-unsaturated/α-hetero) is 1. The van der Waals surface area contributed by atoms with Gasteiger partial charge < -0.3 is 5.32 Å². The number of thioether (sulfide) groups is 1. The third-order valence-electron chi connectivity index (χ3n) is 6.80. The predicted octanol–water partition coefficient (Wildman–Crippen LogP) is 4.52. The van der Waals surface area contributed by atoms with Gasteiger partial charge in [0.1, 0.15) is 11.3 Å². The molecule has 38 heavy (non-hydrogen) atoms. The summed E-state index contributed by atoms with van der Waals surface area (Å²) in [5, 5.41) is 5.68. The highest BCUT2D eigenvalue weighted by atomic mass is 32.2.